The van der Waals surface area contributed by atoms with E-state index in [1.807, 2.05) is 14.0 Å². The molecule has 4 heteroatoms. The molecule has 19 heavy (non-hydrogen) atoms. The maximum Gasteiger partial charge on any atom is 0.106 e. The lowest BCUT2D eigenvalue weighted by Crippen LogP contribution is -2.46. The molecule has 0 radical (unpaired) electrons. The van der Waals surface area contributed by atoms with E-state index in [2.05, 4.69) is 27.8 Å². The number of hydrogen-bond acceptors (Lipinski definition) is 3. The van der Waals surface area contributed by atoms with E-state index in [0.29, 0.717) is 6.54 Å². The van der Waals surface area contributed by atoms with Gasteiger partial charge in [-0.1, -0.05) is 12.5 Å². The molecule has 0 amide bonds. The summed E-state index contributed by atoms with van der Waals surface area (Å²) in [6.07, 6.45) is 3.53. The SMILES string of the molecule is Cc1nc2cc(C(N)C3(CN)CCC3)ccc2n1C. The highest BCUT2D eigenvalue weighted by Gasteiger charge is 2.41. The molecule has 0 bridgehead atoms. The van der Waals surface area contributed by atoms with Crippen LogP contribution in [0.2, 0.25) is 0 Å². The van der Waals surface area contributed by atoms with E-state index in [-0.39, 0.29) is 11.5 Å². The number of nitrogens with two attached hydrogens (primary N) is 2. The molecule has 102 valence electrons. The zero-order chi connectivity index (χ0) is 13.6. The first-order valence-electron chi connectivity index (χ1n) is 6.96. The van der Waals surface area contributed by atoms with Gasteiger partial charge in [0.1, 0.15) is 5.82 Å². The predicted molar refractivity (Wildman–Crippen MR) is 77.7 cm³/mol. The summed E-state index contributed by atoms with van der Waals surface area (Å²) in [6, 6.07) is 6.40. The highest BCUT2D eigenvalue weighted by atomic mass is 15.0. The first kappa shape index (κ1) is 12.6. The van der Waals surface area contributed by atoms with Crippen LogP contribution in [0.1, 0.15) is 36.7 Å². The molecule has 1 atom stereocenters. The summed E-state index contributed by atoms with van der Waals surface area (Å²) in [4.78, 5) is 4.58. The standard InChI is InChI=1S/C15H22N4/c1-10-18-12-8-11(4-5-13(12)19(10)2)14(17)15(9-16)6-3-7-15/h4-5,8,14H,3,6-7,9,16-17H2,1-2H3. The average molecular weight is 258 g/mol. The Hall–Kier alpha value is -1.39. The monoisotopic (exact) mass is 258 g/mol. The summed E-state index contributed by atoms with van der Waals surface area (Å²) in [5.74, 6) is 1.03. The summed E-state index contributed by atoms with van der Waals surface area (Å²) >= 11 is 0. The van der Waals surface area contributed by atoms with Crippen molar-refractivity contribution in [1.82, 2.24) is 9.55 Å². The minimum absolute atomic E-state index is 0.0259. The number of benzene rings is 1. The van der Waals surface area contributed by atoms with Crippen LogP contribution in [0.5, 0.6) is 0 Å². The molecule has 0 spiro atoms. The fourth-order valence-corrected chi connectivity index (χ4v) is 3.16. The number of imidazole rings is 1. The Kier molecular flexibility index (Phi) is 2.87. The highest BCUT2D eigenvalue weighted by Crippen LogP contribution is 2.48. The van der Waals surface area contributed by atoms with Crippen LogP contribution >= 0.6 is 0 Å². The number of rotatable bonds is 3. The van der Waals surface area contributed by atoms with Crippen molar-refractivity contribution in [3.05, 3.63) is 29.6 Å². The van der Waals surface area contributed by atoms with Gasteiger partial charge in [-0.3, -0.25) is 0 Å². The van der Waals surface area contributed by atoms with Gasteiger partial charge in [0, 0.05) is 18.5 Å². The van der Waals surface area contributed by atoms with Crippen molar-refractivity contribution >= 4 is 11.0 Å². The molecule has 1 heterocycles. The minimum Gasteiger partial charge on any atom is -0.331 e. The Morgan fingerprint density at radius 2 is 2.16 bits per heavy atom. The smallest absolute Gasteiger partial charge is 0.106 e. The summed E-state index contributed by atoms with van der Waals surface area (Å²) in [5.41, 5.74) is 15.9. The van der Waals surface area contributed by atoms with Crippen LogP contribution in [0.25, 0.3) is 11.0 Å². The van der Waals surface area contributed by atoms with Crippen LogP contribution in [0.15, 0.2) is 18.2 Å². The van der Waals surface area contributed by atoms with Gasteiger partial charge < -0.3 is 16.0 Å². The lowest BCUT2D eigenvalue weighted by atomic mass is 9.63. The van der Waals surface area contributed by atoms with Crippen LogP contribution in [0.3, 0.4) is 0 Å². The molecule has 3 rings (SSSR count). The summed E-state index contributed by atoms with van der Waals surface area (Å²) in [6.45, 7) is 2.69. The van der Waals surface area contributed by atoms with Gasteiger partial charge in [-0.05, 0) is 44.0 Å². The molecule has 1 aliphatic rings. The number of fused-ring (bicyclic) bond motifs is 1. The molecular formula is C15H22N4. The second-order valence-corrected chi connectivity index (χ2v) is 5.86. The van der Waals surface area contributed by atoms with Crippen molar-refractivity contribution in [2.24, 2.45) is 23.9 Å². The summed E-state index contributed by atoms with van der Waals surface area (Å²) in [5, 5.41) is 0. The van der Waals surface area contributed by atoms with Crippen LogP contribution in [-0.4, -0.2) is 16.1 Å². The Bertz CT molecular complexity index is 604. The van der Waals surface area contributed by atoms with E-state index in [4.69, 9.17) is 11.5 Å². The van der Waals surface area contributed by atoms with Gasteiger partial charge in [-0.15, -0.1) is 0 Å². The fourth-order valence-electron chi connectivity index (χ4n) is 3.16. The van der Waals surface area contributed by atoms with E-state index >= 15 is 0 Å². The van der Waals surface area contributed by atoms with E-state index in [9.17, 15) is 0 Å². The minimum atomic E-state index is 0.0259. The van der Waals surface area contributed by atoms with E-state index < -0.39 is 0 Å². The first-order chi connectivity index (χ1) is 9.07. The van der Waals surface area contributed by atoms with Gasteiger partial charge in [0.25, 0.3) is 0 Å². The van der Waals surface area contributed by atoms with E-state index in [1.165, 1.54) is 6.42 Å². The maximum absolute atomic E-state index is 6.47. The van der Waals surface area contributed by atoms with Crippen LogP contribution < -0.4 is 11.5 Å². The molecular weight excluding hydrogens is 236 g/mol. The first-order valence-corrected chi connectivity index (χ1v) is 6.96. The van der Waals surface area contributed by atoms with Crippen molar-refractivity contribution in [3.8, 4) is 0 Å². The lowest BCUT2D eigenvalue weighted by molar-refractivity contribution is 0.105. The Labute approximate surface area is 113 Å². The number of nitrogens with zero attached hydrogens (tertiary/aromatic N) is 2. The average Bonchev–Trinajstić information content (AvgIpc) is 2.64. The number of hydrogen-bond donors (Lipinski definition) is 2. The number of aryl methyl sites for hydroxylation is 2. The van der Waals surface area contributed by atoms with Crippen molar-refractivity contribution in [2.75, 3.05) is 6.54 Å². The third-order valence-corrected chi connectivity index (χ3v) is 4.90. The van der Waals surface area contributed by atoms with Gasteiger partial charge >= 0.3 is 0 Å². The number of aromatic nitrogens is 2. The molecule has 4 nitrogen and oxygen atoms in total. The molecule has 1 fully saturated rings. The summed E-state index contributed by atoms with van der Waals surface area (Å²) in [7, 11) is 2.04. The molecule has 1 aromatic heterocycles. The quantitative estimate of drug-likeness (QED) is 0.884. The third kappa shape index (κ3) is 1.78. The van der Waals surface area contributed by atoms with Crippen molar-refractivity contribution in [2.45, 2.75) is 32.2 Å². The second-order valence-electron chi connectivity index (χ2n) is 5.86. The zero-order valence-electron chi connectivity index (χ0n) is 11.7. The Morgan fingerprint density at radius 3 is 2.74 bits per heavy atom. The largest absolute Gasteiger partial charge is 0.331 e. The normalized spacial score (nSPS) is 19.4. The van der Waals surface area contributed by atoms with Gasteiger partial charge in [0.2, 0.25) is 0 Å². The Morgan fingerprint density at radius 1 is 1.42 bits per heavy atom. The summed E-state index contributed by atoms with van der Waals surface area (Å²) < 4.78 is 2.10. The van der Waals surface area contributed by atoms with Gasteiger partial charge in [0.05, 0.1) is 11.0 Å². The molecule has 0 aliphatic heterocycles. The van der Waals surface area contributed by atoms with Crippen LogP contribution in [0, 0.1) is 12.3 Å². The van der Waals surface area contributed by atoms with Crippen molar-refractivity contribution < 1.29 is 0 Å². The van der Waals surface area contributed by atoms with Crippen LogP contribution in [0.4, 0.5) is 0 Å². The molecule has 4 N–H and O–H groups in total. The molecule has 1 aromatic carbocycles. The lowest BCUT2D eigenvalue weighted by Gasteiger charge is -2.45. The highest BCUT2D eigenvalue weighted by molar-refractivity contribution is 5.77. The van der Waals surface area contributed by atoms with Crippen molar-refractivity contribution in [1.29, 1.82) is 0 Å². The molecule has 1 saturated carbocycles. The zero-order valence-corrected chi connectivity index (χ0v) is 11.7. The second kappa shape index (κ2) is 4.32. The van der Waals surface area contributed by atoms with Gasteiger partial charge in [-0.2, -0.15) is 0 Å². The molecule has 1 unspecified atom stereocenters. The van der Waals surface area contributed by atoms with Gasteiger partial charge in [-0.25, -0.2) is 4.98 Å². The van der Waals surface area contributed by atoms with Crippen molar-refractivity contribution in [3.63, 3.8) is 0 Å². The molecule has 2 aromatic rings. The molecule has 1 aliphatic carbocycles. The topological polar surface area (TPSA) is 69.9 Å². The van der Waals surface area contributed by atoms with Crippen LogP contribution in [-0.2, 0) is 7.05 Å². The third-order valence-electron chi connectivity index (χ3n) is 4.90. The fraction of sp³-hybridized carbons (Fsp3) is 0.533. The maximum atomic E-state index is 6.47. The van der Waals surface area contributed by atoms with E-state index in [1.54, 1.807) is 0 Å². The van der Waals surface area contributed by atoms with Gasteiger partial charge in [0.15, 0.2) is 0 Å². The predicted octanol–water partition coefficient (Wildman–Crippen LogP) is 2.01. The molecule has 0 saturated heterocycles. The van der Waals surface area contributed by atoms with E-state index in [0.717, 1.165) is 35.3 Å². The Balaban J connectivity index is 2.01.